The Balaban J connectivity index is 0.000000450. The van der Waals surface area contributed by atoms with Crippen molar-refractivity contribution in [1.82, 2.24) is 9.80 Å². The first-order valence-electron chi connectivity index (χ1n) is 7.82. The average molecular weight is 393 g/mol. The fourth-order valence-electron chi connectivity index (χ4n) is 2.21. The molecule has 0 spiro atoms. The molecule has 2 rings (SSSR count). The molecule has 1 aliphatic rings. The molecule has 9 heteroatoms. The summed E-state index contributed by atoms with van der Waals surface area (Å²) in [6.07, 6.45) is 0. The summed E-state index contributed by atoms with van der Waals surface area (Å²) in [6.45, 7) is 9.44. The number of nitrogens with zero attached hydrogens (tertiary/aromatic N) is 2. The third-order valence-electron chi connectivity index (χ3n) is 3.68. The topological polar surface area (TPSA) is 90.3 Å². The van der Waals surface area contributed by atoms with Crippen molar-refractivity contribution in [2.75, 3.05) is 45.9 Å². The molecule has 2 N–H and O–H groups in total. The lowest BCUT2D eigenvalue weighted by Gasteiger charge is -2.33. The molecule has 0 aliphatic carbocycles. The maximum Gasteiger partial charge on any atom is 0.414 e. The maximum absolute atomic E-state index is 9.10. The van der Waals surface area contributed by atoms with E-state index < -0.39 is 11.9 Å². The molecule has 1 aromatic carbocycles. The van der Waals surface area contributed by atoms with E-state index >= 15 is 0 Å². The van der Waals surface area contributed by atoms with Crippen LogP contribution in [0.15, 0.2) is 18.2 Å². The number of halogens is 2. The predicted molar refractivity (Wildman–Crippen MR) is 95.8 cm³/mol. The van der Waals surface area contributed by atoms with E-state index in [-0.39, 0.29) is 0 Å². The molecular weight excluding hydrogens is 371 g/mol. The zero-order valence-electron chi connectivity index (χ0n) is 14.0. The van der Waals surface area contributed by atoms with Crippen molar-refractivity contribution < 1.29 is 24.5 Å². The number of benzene rings is 1. The molecule has 0 radical (unpaired) electrons. The highest BCUT2D eigenvalue weighted by atomic mass is 35.5. The van der Waals surface area contributed by atoms with Gasteiger partial charge < -0.3 is 19.8 Å². The van der Waals surface area contributed by atoms with Crippen molar-refractivity contribution in [3.05, 3.63) is 28.2 Å². The van der Waals surface area contributed by atoms with E-state index in [0.29, 0.717) is 22.4 Å². The van der Waals surface area contributed by atoms with Crippen molar-refractivity contribution in [3.8, 4) is 5.75 Å². The predicted octanol–water partition coefficient (Wildman–Crippen LogP) is 2.17. The van der Waals surface area contributed by atoms with Gasteiger partial charge in [-0.25, -0.2) is 9.59 Å². The largest absolute Gasteiger partial charge is 0.491 e. The lowest BCUT2D eigenvalue weighted by molar-refractivity contribution is -0.159. The normalized spacial score (nSPS) is 15.2. The highest BCUT2D eigenvalue weighted by Crippen LogP contribution is 2.31. The quantitative estimate of drug-likeness (QED) is 0.741. The minimum absolute atomic E-state index is 0.500. The van der Waals surface area contributed by atoms with Crippen LogP contribution in [-0.2, 0) is 9.59 Å². The number of carboxylic acid groups (broad SMARTS) is 2. The molecule has 0 saturated carbocycles. The van der Waals surface area contributed by atoms with Crippen LogP contribution in [0.4, 0.5) is 0 Å². The number of rotatable bonds is 5. The monoisotopic (exact) mass is 392 g/mol. The van der Waals surface area contributed by atoms with Gasteiger partial charge in [-0.1, -0.05) is 36.2 Å². The Hall–Kier alpha value is -1.54. The van der Waals surface area contributed by atoms with E-state index in [1.165, 1.54) is 0 Å². The summed E-state index contributed by atoms with van der Waals surface area (Å²) >= 11 is 12.0. The molecule has 140 valence electrons. The van der Waals surface area contributed by atoms with Gasteiger partial charge in [0.15, 0.2) is 0 Å². The number of piperazine rings is 1. The van der Waals surface area contributed by atoms with Gasteiger partial charge in [0.25, 0.3) is 0 Å². The van der Waals surface area contributed by atoms with Gasteiger partial charge >= 0.3 is 11.9 Å². The van der Waals surface area contributed by atoms with Gasteiger partial charge in [-0.05, 0) is 18.7 Å². The maximum atomic E-state index is 9.10. The third kappa shape index (κ3) is 7.92. The van der Waals surface area contributed by atoms with Crippen LogP contribution in [0.1, 0.15) is 6.92 Å². The summed E-state index contributed by atoms with van der Waals surface area (Å²) in [6, 6.07) is 5.47. The number of carbonyl (C=O) groups is 2. The van der Waals surface area contributed by atoms with Crippen molar-refractivity contribution in [1.29, 1.82) is 0 Å². The van der Waals surface area contributed by atoms with Crippen LogP contribution in [0.5, 0.6) is 5.75 Å². The molecule has 0 amide bonds. The molecule has 1 saturated heterocycles. The van der Waals surface area contributed by atoms with Crippen LogP contribution in [0.2, 0.25) is 10.0 Å². The summed E-state index contributed by atoms with van der Waals surface area (Å²) in [5, 5.41) is 15.8. The minimum atomic E-state index is -1.82. The van der Waals surface area contributed by atoms with E-state index in [1.54, 1.807) is 6.07 Å². The lowest BCUT2D eigenvalue weighted by atomic mass is 10.3. The first-order chi connectivity index (χ1) is 11.8. The molecule has 0 unspecified atom stereocenters. The first-order valence-corrected chi connectivity index (χ1v) is 8.58. The summed E-state index contributed by atoms with van der Waals surface area (Å²) in [4.78, 5) is 23.1. The smallest absolute Gasteiger partial charge is 0.414 e. The molecule has 1 heterocycles. The second-order valence-corrected chi connectivity index (χ2v) is 6.07. The van der Waals surface area contributed by atoms with Gasteiger partial charge in [0.05, 0.1) is 5.02 Å². The lowest BCUT2D eigenvalue weighted by Crippen LogP contribution is -2.47. The number of hydrogen-bond acceptors (Lipinski definition) is 5. The molecule has 0 atom stereocenters. The van der Waals surface area contributed by atoms with Gasteiger partial charge in [0, 0.05) is 32.7 Å². The summed E-state index contributed by atoms with van der Waals surface area (Å²) in [7, 11) is 0. The summed E-state index contributed by atoms with van der Waals surface area (Å²) < 4.78 is 5.70. The molecule has 1 aromatic rings. The van der Waals surface area contributed by atoms with Gasteiger partial charge in [0.2, 0.25) is 0 Å². The van der Waals surface area contributed by atoms with Gasteiger partial charge in [-0.3, -0.25) is 4.90 Å². The molecule has 0 bridgehead atoms. The molecule has 1 fully saturated rings. The van der Waals surface area contributed by atoms with Crippen molar-refractivity contribution in [2.24, 2.45) is 0 Å². The average Bonchev–Trinajstić information content (AvgIpc) is 2.59. The number of hydrogen-bond donors (Lipinski definition) is 2. The zero-order valence-corrected chi connectivity index (χ0v) is 15.5. The van der Waals surface area contributed by atoms with Crippen LogP contribution >= 0.6 is 23.2 Å². The Kier molecular flexibility index (Phi) is 9.59. The minimum Gasteiger partial charge on any atom is -0.491 e. The number of likely N-dealkylation sites (N-methyl/N-ethyl adjacent to an activating group) is 1. The van der Waals surface area contributed by atoms with Gasteiger partial charge in [-0.2, -0.15) is 0 Å². The molecular formula is C16H22Cl2N2O5. The zero-order chi connectivity index (χ0) is 18.8. The van der Waals surface area contributed by atoms with Crippen LogP contribution in [-0.4, -0.2) is 77.8 Å². The van der Waals surface area contributed by atoms with Crippen LogP contribution in [0.3, 0.4) is 0 Å². The van der Waals surface area contributed by atoms with Gasteiger partial charge in [-0.15, -0.1) is 0 Å². The second kappa shape index (κ2) is 11.1. The van der Waals surface area contributed by atoms with Crippen molar-refractivity contribution in [3.63, 3.8) is 0 Å². The van der Waals surface area contributed by atoms with E-state index in [2.05, 4.69) is 16.7 Å². The number of ether oxygens (including phenoxy) is 1. The molecule has 25 heavy (non-hydrogen) atoms. The van der Waals surface area contributed by atoms with Crippen molar-refractivity contribution >= 4 is 35.1 Å². The number of carboxylic acids is 2. The van der Waals surface area contributed by atoms with E-state index in [0.717, 1.165) is 39.3 Å². The molecule has 0 aromatic heterocycles. The van der Waals surface area contributed by atoms with Crippen LogP contribution < -0.4 is 4.74 Å². The van der Waals surface area contributed by atoms with E-state index in [4.69, 9.17) is 47.7 Å². The Bertz CT molecular complexity index is 566. The summed E-state index contributed by atoms with van der Waals surface area (Å²) in [5.74, 6) is -2.98. The Morgan fingerprint density at radius 1 is 1.08 bits per heavy atom. The Morgan fingerprint density at radius 3 is 2.16 bits per heavy atom. The Labute approximate surface area is 156 Å². The second-order valence-electron chi connectivity index (χ2n) is 5.29. The number of aliphatic carboxylic acids is 2. The molecule has 7 nitrogen and oxygen atoms in total. The van der Waals surface area contributed by atoms with Crippen LogP contribution in [0, 0.1) is 0 Å². The fourth-order valence-corrected chi connectivity index (χ4v) is 2.56. The third-order valence-corrected chi connectivity index (χ3v) is 4.48. The summed E-state index contributed by atoms with van der Waals surface area (Å²) in [5.41, 5.74) is 0. The van der Waals surface area contributed by atoms with Crippen LogP contribution in [0.25, 0.3) is 0 Å². The SMILES string of the molecule is CCN1CCN(CCOc2cccc(Cl)c2Cl)CC1.O=C(O)C(=O)O. The highest BCUT2D eigenvalue weighted by Gasteiger charge is 2.15. The fraction of sp³-hybridized carbons (Fsp3) is 0.500. The standard InChI is InChI=1S/C14H20Cl2N2O.C2H2O4/c1-2-17-6-8-18(9-7-17)10-11-19-13-5-3-4-12(15)14(13)16;3-1(4)2(5)6/h3-5H,2,6-11H2,1H3;(H,3,4)(H,5,6). The van der Waals surface area contributed by atoms with Gasteiger partial charge in [0.1, 0.15) is 17.4 Å². The first kappa shape index (κ1) is 21.5. The van der Waals surface area contributed by atoms with E-state index in [1.807, 2.05) is 12.1 Å². The van der Waals surface area contributed by atoms with E-state index in [9.17, 15) is 0 Å². The Morgan fingerprint density at radius 2 is 1.64 bits per heavy atom. The van der Waals surface area contributed by atoms with Crippen molar-refractivity contribution in [2.45, 2.75) is 6.92 Å². The molecule has 1 aliphatic heterocycles. The highest BCUT2D eigenvalue weighted by molar-refractivity contribution is 6.42.